The number of likely N-dealkylation sites (N-methyl/N-ethyl adjacent to an activating group) is 2. The van der Waals surface area contributed by atoms with Gasteiger partial charge >= 0.3 is 0 Å². The smallest absolute Gasteiger partial charge is 0.239 e. The molecular weight excluding hydrogens is 230 g/mol. The van der Waals surface area contributed by atoms with Crippen molar-refractivity contribution in [2.24, 2.45) is 0 Å². The van der Waals surface area contributed by atoms with E-state index in [4.69, 9.17) is 0 Å². The third kappa shape index (κ3) is 2.99. The van der Waals surface area contributed by atoms with Gasteiger partial charge in [0.2, 0.25) is 5.91 Å². The van der Waals surface area contributed by atoms with Crippen LogP contribution in [0.3, 0.4) is 0 Å². The highest BCUT2D eigenvalue weighted by Gasteiger charge is 2.16. The summed E-state index contributed by atoms with van der Waals surface area (Å²) in [6.45, 7) is -0.176. The average molecular weight is 242 g/mol. The van der Waals surface area contributed by atoms with Gasteiger partial charge in [-0.2, -0.15) is 0 Å². The Morgan fingerprint density at radius 3 is 2.35 bits per heavy atom. The molecular formula is C11H12F2N2O2. The molecule has 0 saturated carbocycles. The normalized spacial score (nSPS) is 9.88. The molecule has 0 bridgehead atoms. The van der Waals surface area contributed by atoms with E-state index in [-0.39, 0.29) is 23.7 Å². The summed E-state index contributed by atoms with van der Waals surface area (Å²) in [5.74, 6) is -2.12. The molecule has 1 aromatic rings. The summed E-state index contributed by atoms with van der Waals surface area (Å²) in [6.07, 6.45) is 0.356. The number of aldehydes is 1. The van der Waals surface area contributed by atoms with Gasteiger partial charge < -0.3 is 10.2 Å². The van der Waals surface area contributed by atoms with Crippen LogP contribution in [0.5, 0.6) is 0 Å². The van der Waals surface area contributed by atoms with Crippen LogP contribution in [-0.4, -0.2) is 32.8 Å². The van der Waals surface area contributed by atoms with E-state index in [1.807, 2.05) is 0 Å². The first-order valence-electron chi connectivity index (χ1n) is 4.85. The van der Waals surface area contributed by atoms with Gasteiger partial charge in [-0.05, 0) is 12.1 Å². The Bertz CT molecular complexity index is 426. The summed E-state index contributed by atoms with van der Waals surface area (Å²) < 4.78 is 27.1. The number of hydrogen-bond donors (Lipinski definition) is 1. The maximum Gasteiger partial charge on any atom is 0.239 e. The molecule has 0 heterocycles. The molecule has 0 aliphatic carbocycles. The Kier molecular flexibility index (Phi) is 4.14. The van der Waals surface area contributed by atoms with Crippen molar-refractivity contribution in [2.45, 2.75) is 0 Å². The molecule has 92 valence electrons. The van der Waals surface area contributed by atoms with Crippen LogP contribution in [0.2, 0.25) is 0 Å². The Labute approximate surface area is 97.2 Å². The minimum absolute atomic E-state index is 0.0860. The first-order chi connectivity index (χ1) is 7.99. The van der Waals surface area contributed by atoms with Crippen molar-refractivity contribution >= 4 is 17.9 Å². The van der Waals surface area contributed by atoms with E-state index in [2.05, 4.69) is 5.32 Å². The largest absolute Gasteiger partial charge is 0.361 e. The van der Waals surface area contributed by atoms with Crippen LogP contribution in [0, 0.1) is 11.6 Å². The van der Waals surface area contributed by atoms with E-state index >= 15 is 0 Å². The first kappa shape index (κ1) is 13.1. The zero-order valence-electron chi connectivity index (χ0n) is 9.46. The molecule has 0 fully saturated rings. The van der Waals surface area contributed by atoms with Crippen molar-refractivity contribution in [1.29, 1.82) is 0 Å². The van der Waals surface area contributed by atoms with Gasteiger partial charge in [0, 0.05) is 19.7 Å². The summed E-state index contributed by atoms with van der Waals surface area (Å²) in [4.78, 5) is 22.6. The minimum Gasteiger partial charge on any atom is -0.361 e. The Hall–Kier alpha value is -1.98. The third-order valence-electron chi connectivity index (χ3n) is 2.22. The molecule has 1 amide bonds. The van der Waals surface area contributed by atoms with Crippen molar-refractivity contribution in [3.8, 4) is 0 Å². The number of hydrogen-bond acceptors (Lipinski definition) is 3. The van der Waals surface area contributed by atoms with Gasteiger partial charge in [-0.25, -0.2) is 8.78 Å². The van der Waals surface area contributed by atoms with Gasteiger partial charge in [0.1, 0.15) is 23.6 Å². The van der Waals surface area contributed by atoms with Gasteiger partial charge in [-0.1, -0.05) is 0 Å². The SMILES string of the molecule is CNC(=O)CN(C)c1c(F)cc(C=O)cc1F. The number of nitrogens with one attached hydrogen (secondary N) is 1. The second-order valence-electron chi connectivity index (χ2n) is 3.48. The number of nitrogens with zero attached hydrogens (tertiary/aromatic N) is 1. The van der Waals surface area contributed by atoms with Gasteiger partial charge in [-0.15, -0.1) is 0 Å². The fraction of sp³-hybridized carbons (Fsp3) is 0.273. The molecule has 4 nitrogen and oxygen atoms in total. The zero-order valence-corrected chi connectivity index (χ0v) is 9.46. The third-order valence-corrected chi connectivity index (χ3v) is 2.22. The van der Waals surface area contributed by atoms with Gasteiger partial charge in [0.05, 0.1) is 6.54 Å². The van der Waals surface area contributed by atoms with Crippen molar-refractivity contribution in [3.63, 3.8) is 0 Å². The average Bonchev–Trinajstić information content (AvgIpc) is 2.27. The van der Waals surface area contributed by atoms with Crippen LogP contribution in [0.25, 0.3) is 0 Å². The molecule has 0 aromatic heterocycles. The number of anilines is 1. The number of benzene rings is 1. The lowest BCUT2D eigenvalue weighted by Crippen LogP contribution is -2.33. The zero-order chi connectivity index (χ0) is 13.0. The van der Waals surface area contributed by atoms with E-state index in [0.717, 1.165) is 17.0 Å². The summed E-state index contributed by atoms with van der Waals surface area (Å²) >= 11 is 0. The molecule has 0 unspecified atom stereocenters. The fourth-order valence-corrected chi connectivity index (χ4v) is 1.39. The predicted molar refractivity (Wildman–Crippen MR) is 59.1 cm³/mol. The Morgan fingerprint density at radius 2 is 1.94 bits per heavy atom. The summed E-state index contributed by atoms with van der Waals surface area (Å²) in [6, 6.07) is 1.84. The maximum atomic E-state index is 13.5. The lowest BCUT2D eigenvalue weighted by molar-refractivity contribution is -0.119. The molecule has 1 rings (SSSR count). The minimum atomic E-state index is -0.876. The monoisotopic (exact) mass is 242 g/mol. The van der Waals surface area contributed by atoms with Crippen LogP contribution in [0.4, 0.5) is 14.5 Å². The highest BCUT2D eigenvalue weighted by atomic mass is 19.1. The number of amides is 1. The van der Waals surface area contributed by atoms with E-state index in [1.165, 1.54) is 14.1 Å². The van der Waals surface area contributed by atoms with Crippen LogP contribution in [-0.2, 0) is 4.79 Å². The van der Waals surface area contributed by atoms with Crippen molar-refractivity contribution < 1.29 is 18.4 Å². The number of halogens is 2. The van der Waals surface area contributed by atoms with Crippen LogP contribution in [0.1, 0.15) is 10.4 Å². The fourth-order valence-electron chi connectivity index (χ4n) is 1.39. The topological polar surface area (TPSA) is 49.4 Å². The Balaban J connectivity index is 3.05. The highest BCUT2D eigenvalue weighted by molar-refractivity contribution is 5.81. The summed E-state index contributed by atoms with van der Waals surface area (Å²) in [7, 11) is 2.82. The number of carbonyl (C=O) groups excluding carboxylic acids is 2. The lowest BCUT2D eigenvalue weighted by atomic mass is 10.2. The van der Waals surface area contributed by atoms with Crippen LogP contribution >= 0.6 is 0 Å². The van der Waals surface area contributed by atoms with Gasteiger partial charge in [0.25, 0.3) is 0 Å². The van der Waals surface area contributed by atoms with Crippen molar-refractivity contribution in [2.75, 3.05) is 25.5 Å². The summed E-state index contributed by atoms with van der Waals surface area (Å²) in [5.41, 5.74) is -0.420. The van der Waals surface area contributed by atoms with Crippen LogP contribution < -0.4 is 10.2 Å². The van der Waals surface area contributed by atoms with E-state index in [1.54, 1.807) is 0 Å². The predicted octanol–water partition coefficient (Wildman–Crippen LogP) is 0.959. The number of carbonyl (C=O) groups is 2. The number of rotatable bonds is 4. The molecule has 1 N–H and O–H groups in total. The second-order valence-corrected chi connectivity index (χ2v) is 3.48. The molecule has 6 heteroatoms. The molecule has 0 atom stereocenters. The lowest BCUT2D eigenvalue weighted by Gasteiger charge is -2.19. The van der Waals surface area contributed by atoms with E-state index in [0.29, 0.717) is 6.29 Å². The van der Waals surface area contributed by atoms with E-state index < -0.39 is 11.6 Å². The second kappa shape index (κ2) is 5.38. The van der Waals surface area contributed by atoms with Gasteiger partial charge in [0.15, 0.2) is 0 Å². The van der Waals surface area contributed by atoms with Crippen molar-refractivity contribution in [3.05, 3.63) is 29.3 Å². The van der Waals surface area contributed by atoms with E-state index in [9.17, 15) is 18.4 Å². The molecule has 0 aliphatic rings. The van der Waals surface area contributed by atoms with Crippen LogP contribution in [0.15, 0.2) is 12.1 Å². The molecule has 0 radical (unpaired) electrons. The Morgan fingerprint density at radius 1 is 1.41 bits per heavy atom. The molecule has 0 aliphatic heterocycles. The van der Waals surface area contributed by atoms with Gasteiger partial charge in [-0.3, -0.25) is 9.59 Å². The standard InChI is InChI=1S/C11H12F2N2O2/c1-14-10(17)5-15(2)11-8(12)3-7(6-16)4-9(11)13/h3-4,6H,5H2,1-2H3,(H,14,17). The molecule has 0 spiro atoms. The molecule has 1 aromatic carbocycles. The summed E-state index contributed by atoms with van der Waals surface area (Å²) in [5, 5.41) is 2.35. The van der Waals surface area contributed by atoms with Crippen molar-refractivity contribution in [1.82, 2.24) is 5.32 Å². The maximum absolute atomic E-state index is 13.5. The highest BCUT2D eigenvalue weighted by Crippen LogP contribution is 2.23. The molecule has 17 heavy (non-hydrogen) atoms. The first-order valence-corrected chi connectivity index (χ1v) is 4.85. The molecule has 0 saturated heterocycles. The quantitative estimate of drug-likeness (QED) is 0.800.